The number of amides is 3. The number of hydrogen-bond acceptors (Lipinski definition) is 4. The van der Waals surface area contributed by atoms with E-state index >= 15 is 0 Å². The second-order valence-electron chi connectivity index (χ2n) is 4.88. The van der Waals surface area contributed by atoms with Gasteiger partial charge < -0.3 is 10.1 Å². The van der Waals surface area contributed by atoms with Crippen molar-refractivity contribution >= 4 is 34.4 Å². The molecule has 0 aliphatic carbocycles. The Morgan fingerprint density at radius 2 is 1.65 bits per heavy atom. The number of imide groups is 1. The van der Waals surface area contributed by atoms with Crippen LogP contribution in [0, 0.1) is 0 Å². The largest absolute Gasteiger partial charge is 0.450 e. The third-order valence-electron chi connectivity index (χ3n) is 3.13. The summed E-state index contributed by atoms with van der Waals surface area (Å²) in [5.41, 5.74) is 0.666. The minimum absolute atomic E-state index is 0.0158. The van der Waals surface area contributed by atoms with E-state index in [1.54, 1.807) is 13.0 Å². The van der Waals surface area contributed by atoms with Gasteiger partial charge in [0.2, 0.25) is 11.8 Å². The average molecular weight is 314 g/mol. The summed E-state index contributed by atoms with van der Waals surface area (Å²) < 4.78 is 4.58. The van der Waals surface area contributed by atoms with Gasteiger partial charge in [-0.05, 0) is 29.8 Å². The van der Waals surface area contributed by atoms with Crippen molar-refractivity contribution in [1.29, 1.82) is 0 Å². The lowest BCUT2D eigenvalue weighted by atomic mass is 10.1. The molecule has 0 heterocycles. The summed E-state index contributed by atoms with van der Waals surface area (Å²) in [4.78, 5) is 34.4. The molecule has 2 aromatic rings. The van der Waals surface area contributed by atoms with Gasteiger partial charge in [-0.1, -0.05) is 30.3 Å². The van der Waals surface area contributed by atoms with Crippen molar-refractivity contribution in [2.45, 2.75) is 19.8 Å². The molecule has 3 amide bonds. The molecule has 0 saturated heterocycles. The number of ether oxygens (including phenoxy) is 1. The van der Waals surface area contributed by atoms with Crippen molar-refractivity contribution in [2.24, 2.45) is 0 Å². The Morgan fingerprint density at radius 1 is 0.957 bits per heavy atom. The van der Waals surface area contributed by atoms with E-state index in [2.05, 4.69) is 10.1 Å². The van der Waals surface area contributed by atoms with Gasteiger partial charge in [-0.25, -0.2) is 4.79 Å². The normalized spacial score (nSPS) is 10.1. The Balaban J connectivity index is 1.84. The minimum atomic E-state index is -0.799. The van der Waals surface area contributed by atoms with Crippen LogP contribution in [0.15, 0.2) is 42.5 Å². The maximum atomic E-state index is 11.9. The van der Waals surface area contributed by atoms with Gasteiger partial charge in [-0.15, -0.1) is 0 Å². The van der Waals surface area contributed by atoms with E-state index in [0.717, 1.165) is 10.8 Å². The molecule has 2 aromatic carbocycles. The van der Waals surface area contributed by atoms with Crippen molar-refractivity contribution < 1.29 is 19.1 Å². The molecule has 0 radical (unpaired) electrons. The first-order chi connectivity index (χ1) is 11.1. The summed E-state index contributed by atoms with van der Waals surface area (Å²) in [7, 11) is 0. The molecule has 0 saturated carbocycles. The molecule has 0 aliphatic heterocycles. The Kier molecular flexibility index (Phi) is 5.68. The van der Waals surface area contributed by atoms with Crippen molar-refractivity contribution in [3.8, 4) is 0 Å². The van der Waals surface area contributed by atoms with Crippen LogP contribution >= 0.6 is 0 Å². The standard InChI is InChI=1S/C17H18N2O4/c1-2-23-17(22)19-16(21)10-9-15(20)18-14-8-7-12-5-3-4-6-13(12)11-14/h3-8,11H,2,9-10H2,1H3,(H,18,20)(H,19,21,22). The average Bonchev–Trinajstić information content (AvgIpc) is 2.53. The number of benzene rings is 2. The fourth-order valence-corrected chi connectivity index (χ4v) is 2.06. The lowest BCUT2D eigenvalue weighted by Crippen LogP contribution is -2.31. The molecule has 0 unspecified atom stereocenters. The zero-order valence-electron chi connectivity index (χ0n) is 12.8. The molecule has 2 rings (SSSR count). The second-order valence-corrected chi connectivity index (χ2v) is 4.88. The molecule has 120 valence electrons. The van der Waals surface area contributed by atoms with Crippen LogP contribution in [-0.2, 0) is 14.3 Å². The van der Waals surface area contributed by atoms with E-state index in [1.807, 2.05) is 41.7 Å². The zero-order chi connectivity index (χ0) is 16.7. The number of rotatable bonds is 5. The number of nitrogens with one attached hydrogen (secondary N) is 2. The first-order valence-electron chi connectivity index (χ1n) is 7.33. The highest BCUT2D eigenvalue weighted by atomic mass is 16.5. The number of hydrogen-bond donors (Lipinski definition) is 2. The fraction of sp³-hybridized carbons (Fsp3) is 0.235. The van der Waals surface area contributed by atoms with Crippen LogP contribution in [0.5, 0.6) is 0 Å². The fourth-order valence-electron chi connectivity index (χ4n) is 2.06. The third kappa shape index (κ3) is 5.10. The van der Waals surface area contributed by atoms with Gasteiger partial charge in [0.1, 0.15) is 0 Å². The van der Waals surface area contributed by atoms with E-state index < -0.39 is 12.0 Å². The molecule has 2 N–H and O–H groups in total. The molecule has 0 spiro atoms. The third-order valence-corrected chi connectivity index (χ3v) is 3.13. The number of carbonyl (C=O) groups excluding carboxylic acids is 3. The molecule has 6 nitrogen and oxygen atoms in total. The topological polar surface area (TPSA) is 84.5 Å². The van der Waals surface area contributed by atoms with Crippen LogP contribution < -0.4 is 10.6 Å². The van der Waals surface area contributed by atoms with E-state index in [9.17, 15) is 14.4 Å². The van der Waals surface area contributed by atoms with Gasteiger partial charge in [0.25, 0.3) is 0 Å². The molecule has 0 fully saturated rings. The van der Waals surface area contributed by atoms with Crippen molar-refractivity contribution in [2.75, 3.05) is 11.9 Å². The lowest BCUT2D eigenvalue weighted by Gasteiger charge is -2.07. The molecule has 0 atom stereocenters. The van der Waals surface area contributed by atoms with Gasteiger partial charge in [0.05, 0.1) is 6.61 Å². The Bertz CT molecular complexity index is 727. The van der Waals surface area contributed by atoms with Gasteiger partial charge >= 0.3 is 6.09 Å². The quantitative estimate of drug-likeness (QED) is 0.888. The number of fused-ring (bicyclic) bond motifs is 1. The summed E-state index contributed by atoms with van der Waals surface area (Å²) in [5.74, 6) is -0.837. The number of carbonyl (C=O) groups is 3. The van der Waals surface area contributed by atoms with Gasteiger partial charge in [-0.3, -0.25) is 14.9 Å². The van der Waals surface area contributed by atoms with Gasteiger partial charge in [0, 0.05) is 18.5 Å². The molecular weight excluding hydrogens is 296 g/mol. The second kappa shape index (κ2) is 7.93. The summed E-state index contributed by atoms with van der Waals surface area (Å²) in [6.07, 6.45) is -0.900. The predicted molar refractivity (Wildman–Crippen MR) is 87.0 cm³/mol. The van der Waals surface area contributed by atoms with Crippen molar-refractivity contribution in [1.82, 2.24) is 5.32 Å². The number of anilines is 1. The minimum Gasteiger partial charge on any atom is -0.450 e. The van der Waals surface area contributed by atoms with Gasteiger partial charge in [0.15, 0.2) is 0 Å². The van der Waals surface area contributed by atoms with Crippen LogP contribution in [0.1, 0.15) is 19.8 Å². The van der Waals surface area contributed by atoms with Crippen molar-refractivity contribution in [3.63, 3.8) is 0 Å². The maximum absolute atomic E-state index is 11.9. The number of alkyl carbamates (subject to hydrolysis) is 1. The summed E-state index contributed by atoms with van der Waals surface area (Å²) in [6, 6.07) is 13.4. The maximum Gasteiger partial charge on any atom is 0.413 e. The molecule has 6 heteroatoms. The van der Waals surface area contributed by atoms with E-state index in [-0.39, 0.29) is 25.4 Å². The van der Waals surface area contributed by atoms with Crippen LogP contribution in [0.2, 0.25) is 0 Å². The first kappa shape index (κ1) is 16.5. The summed E-state index contributed by atoms with van der Waals surface area (Å²) in [5, 5.41) is 6.88. The van der Waals surface area contributed by atoms with E-state index in [0.29, 0.717) is 5.69 Å². The summed E-state index contributed by atoms with van der Waals surface area (Å²) >= 11 is 0. The SMILES string of the molecule is CCOC(=O)NC(=O)CCC(=O)Nc1ccc2ccccc2c1. The van der Waals surface area contributed by atoms with Gasteiger partial charge in [-0.2, -0.15) is 0 Å². The first-order valence-corrected chi connectivity index (χ1v) is 7.33. The van der Waals surface area contributed by atoms with Crippen LogP contribution in [-0.4, -0.2) is 24.5 Å². The van der Waals surface area contributed by atoms with E-state index in [4.69, 9.17) is 0 Å². The molecule has 0 aliphatic rings. The molecular formula is C17H18N2O4. The predicted octanol–water partition coefficient (Wildman–Crippen LogP) is 2.83. The highest BCUT2D eigenvalue weighted by molar-refractivity contribution is 5.97. The molecule has 23 heavy (non-hydrogen) atoms. The Labute approximate surface area is 133 Å². The summed E-state index contributed by atoms with van der Waals surface area (Å²) in [6.45, 7) is 1.82. The highest BCUT2D eigenvalue weighted by Gasteiger charge is 2.11. The molecule has 0 aromatic heterocycles. The lowest BCUT2D eigenvalue weighted by molar-refractivity contribution is -0.123. The monoisotopic (exact) mass is 314 g/mol. The van der Waals surface area contributed by atoms with Crippen LogP contribution in [0.4, 0.5) is 10.5 Å². The van der Waals surface area contributed by atoms with Crippen LogP contribution in [0.3, 0.4) is 0 Å². The van der Waals surface area contributed by atoms with E-state index in [1.165, 1.54) is 0 Å². The highest BCUT2D eigenvalue weighted by Crippen LogP contribution is 2.18. The van der Waals surface area contributed by atoms with Crippen molar-refractivity contribution in [3.05, 3.63) is 42.5 Å². The smallest absolute Gasteiger partial charge is 0.413 e. The Morgan fingerprint density at radius 3 is 2.39 bits per heavy atom. The Hall–Kier alpha value is -2.89. The van der Waals surface area contributed by atoms with Crippen LogP contribution in [0.25, 0.3) is 10.8 Å². The zero-order valence-corrected chi connectivity index (χ0v) is 12.8. The molecule has 0 bridgehead atoms.